The first-order chi connectivity index (χ1) is 15.9. The second-order valence-electron chi connectivity index (χ2n) is 7.69. The Morgan fingerprint density at radius 1 is 1.12 bits per heavy atom. The van der Waals surface area contributed by atoms with Crippen molar-refractivity contribution in [3.8, 4) is 11.1 Å². The molecule has 0 aliphatic carbocycles. The fourth-order valence-electron chi connectivity index (χ4n) is 3.99. The van der Waals surface area contributed by atoms with E-state index in [1.165, 1.54) is 18.4 Å². The van der Waals surface area contributed by atoms with Gasteiger partial charge in [0.2, 0.25) is 0 Å². The van der Waals surface area contributed by atoms with Crippen molar-refractivity contribution < 1.29 is 23.5 Å². The third kappa shape index (κ3) is 4.23. The number of carbonyl (C=O) groups excluding carboxylic acids is 1. The van der Waals surface area contributed by atoms with Crippen LogP contribution in [0.25, 0.3) is 22.1 Å². The lowest BCUT2D eigenvalue weighted by atomic mass is 9.94. The standard InChI is InChI=1S/C26H23FN2O4/c1-2-17(26(31)32)18-8-3-4-9-22(18)29-25(30)21-13-20(16-7-5-6-15(12-16)14-28)24-19(23(21)27)10-11-33-24/h3-13,17H,2,14,28H2,1H3,(H,29,30)(H,31,32). The number of benzene rings is 3. The summed E-state index contributed by atoms with van der Waals surface area (Å²) < 4.78 is 20.8. The molecule has 4 aromatic rings. The highest BCUT2D eigenvalue weighted by atomic mass is 19.1. The molecule has 0 aliphatic rings. The average Bonchev–Trinajstić information content (AvgIpc) is 3.31. The Labute approximate surface area is 189 Å². The summed E-state index contributed by atoms with van der Waals surface area (Å²) in [5, 5.41) is 12.4. The number of aliphatic carboxylic acids is 1. The van der Waals surface area contributed by atoms with Crippen molar-refractivity contribution in [3.63, 3.8) is 0 Å². The van der Waals surface area contributed by atoms with E-state index in [2.05, 4.69) is 5.32 Å². The molecular weight excluding hydrogens is 423 g/mol. The maximum absolute atomic E-state index is 15.3. The molecule has 1 unspecified atom stereocenters. The van der Waals surface area contributed by atoms with E-state index in [-0.39, 0.29) is 10.9 Å². The van der Waals surface area contributed by atoms with E-state index in [1.807, 2.05) is 24.3 Å². The summed E-state index contributed by atoms with van der Waals surface area (Å²) in [7, 11) is 0. The predicted octanol–water partition coefficient (Wildman–Crippen LogP) is 5.53. The fourth-order valence-corrected chi connectivity index (χ4v) is 3.99. The predicted molar refractivity (Wildman–Crippen MR) is 125 cm³/mol. The van der Waals surface area contributed by atoms with Crippen LogP contribution in [0.4, 0.5) is 10.1 Å². The van der Waals surface area contributed by atoms with E-state index >= 15 is 4.39 Å². The van der Waals surface area contributed by atoms with Crippen LogP contribution < -0.4 is 11.1 Å². The first-order valence-electron chi connectivity index (χ1n) is 10.6. The number of carboxylic acid groups (broad SMARTS) is 1. The van der Waals surface area contributed by atoms with E-state index in [9.17, 15) is 14.7 Å². The summed E-state index contributed by atoms with van der Waals surface area (Å²) in [4.78, 5) is 24.9. The zero-order valence-electron chi connectivity index (χ0n) is 18.0. The Hall–Kier alpha value is -3.97. The quantitative estimate of drug-likeness (QED) is 0.346. The average molecular weight is 446 g/mol. The van der Waals surface area contributed by atoms with Gasteiger partial charge in [-0.15, -0.1) is 0 Å². The number of rotatable bonds is 7. The van der Waals surface area contributed by atoms with Crippen molar-refractivity contribution in [1.82, 2.24) is 0 Å². The Balaban J connectivity index is 1.79. The fraction of sp³-hybridized carbons (Fsp3) is 0.154. The van der Waals surface area contributed by atoms with Crippen LogP contribution in [0.5, 0.6) is 0 Å². The zero-order chi connectivity index (χ0) is 23.5. The largest absolute Gasteiger partial charge is 0.481 e. The van der Waals surface area contributed by atoms with Crippen LogP contribution in [0.3, 0.4) is 0 Å². The number of para-hydroxylation sites is 1. The molecule has 0 spiro atoms. The molecule has 3 aromatic carbocycles. The molecule has 0 aliphatic heterocycles. The van der Waals surface area contributed by atoms with Crippen LogP contribution in [-0.2, 0) is 11.3 Å². The molecule has 168 valence electrons. The smallest absolute Gasteiger partial charge is 0.311 e. The van der Waals surface area contributed by atoms with Gasteiger partial charge in [0.1, 0.15) is 11.4 Å². The van der Waals surface area contributed by atoms with E-state index in [4.69, 9.17) is 10.2 Å². The molecule has 1 heterocycles. The first kappa shape index (κ1) is 22.2. The molecule has 0 radical (unpaired) electrons. The van der Waals surface area contributed by atoms with Gasteiger partial charge in [0.05, 0.1) is 23.1 Å². The normalized spacial score (nSPS) is 12.0. The summed E-state index contributed by atoms with van der Waals surface area (Å²) in [6, 6.07) is 17.0. The summed E-state index contributed by atoms with van der Waals surface area (Å²) in [5.74, 6) is -3.18. The van der Waals surface area contributed by atoms with Gasteiger partial charge in [0, 0.05) is 17.8 Å². The lowest BCUT2D eigenvalue weighted by Crippen LogP contribution is -2.18. The zero-order valence-corrected chi connectivity index (χ0v) is 18.0. The molecule has 0 fully saturated rings. The summed E-state index contributed by atoms with van der Waals surface area (Å²) in [6.45, 7) is 2.09. The Kier molecular flexibility index (Phi) is 6.24. The van der Waals surface area contributed by atoms with Gasteiger partial charge in [0.25, 0.3) is 5.91 Å². The van der Waals surface area contributed by atoms with E-state index in [1.54, 1.807) is 31.2 Å². The van der Waals surface area contributed by atoms with Crippen molar-refractivity contribution >= 4 is 28.5 Å². The molecular formula is C26H23FN2O4. The molecule has 1 amide bonds. The Morgan fingerprint density at radius 2 is 1.91 bits per heavy atom. The van der Waals surface area contributed by atoms with Gasteiger partial charge in [-0.25, -0.2) is 4.39 Å². The monoisotopic (exact) mass is 446 g/mol. The van der Waals surface area contributed by atoms with Crippen LogP contribution in [-0.4, -0.2) is 17.0 Å². The van der Waals surface area contributed by atoms with E-state index < -0.39 is 23.6 Å². The summed E-state index contributed by atoms with van der Waals surface area (Å²) >= 11 is 0. The maximum Gasteiger partial charge on any atom is 0.311 e. The van der Waals surface area contributed by atoms with Crippen LogP contribution in [0.1, 0.15) is 40.7 Å². The minimum atomic E-state index is -0.993. The molecule has 1 atom stereocenters. The highest BCUT2D eigenvalue weighted by molar-refractivity contribution is 6.09. The number of hydrogen-bond donors (Lipinski definition) is 3. The number of carboxylic acids is 1. The molecule has 0 saturated carbocycles. The molecule has 0 saturated heterocycles. The summed E-state index contributed by atoms with van der Waals surface area (Å²) in [5.41, 5.74) is 8.89. The first-order valence-corrected chi connectivity index (χ1v) is 10.6. The van der Waals surface area contributed by atoms with Crippen molar-refractivity contribution in [2.75, 3.05) is 5.32 Å². The molecule has 1 aromatic heterocycles. The highest BCUT2D eigenvalue weighted by Crippen LogP contribution is 2.35. The molecule has 33 heavy (non-hydrogen) atoms. The van der Waals surface area contributed by atoms with Crippen LogP contribution in [0.2, 0.25) is 0 Å². The molecule has 4 rings (SSSR count). The maximum atomic E-state index is 15.3. The van der Waals surface area contributed by atoms with E-state index in [0.29, 0.717) is 35.4 Å². The highest BCUT2D eigenvalue weighted by Gasteiger charge is 2.24. The minimum Gasteiger partial charge on any atom is -0.481 e. The number of fused-ring (bicyclic) bond motifs is 1. The second-order valence-corrected chi connectivity index (χ2v) is 7.69. The van der Waals surface area contributed by atoms with Crippen LogP contribution in [0.15, 0.2) is 71.3 Å². The van der Waals surface area contributed by atoms with Gasteiger partial charge in [-0.2, -0.15) is 0 Å². The number of nitrogens with one attached hydrogen (secondary N) is 1. The number of hydrogen-bond acceptors (Lipinski definition) is 4. The third-order valence-electron chi connectivity index (χ3n) is 5.68. The minimum absolute atomic E-state index is 0.171. The molecule has 0 bridgehead atoms. The van der Waals surface area contributed by atoms with Crippen molar-refractivity contribution in [3.05, 3.63) is 89.4 Å². The van der Waals surface area contributed by atoms with Crippen LogP contribution in [0, 0.1) is 5.82 Å². The van der Waals surface area contributed by atoms with Gasteiger partial charge in [-0.1, -0.05) is 43.3 Å². The number of nitrogens with two attached hydrogens (primary N) is 1. The van der Waals surface area contributed by atoms with Gasteiger partial charge in [-0.3, -0.25) is 9.59 Å². The topological polar surface area (TPSA) is 106 Å². The van der Waals surface area contributed by atoms with E-state index in [0.717, 1.165) is 11.1 Å². The van der Waals surface area contributed by atoms with Crippen LogP contribution >= 0.6 is 0 Å². The Bertz CT molecular complexity index is 1350. The number of amides is 1. The number of halogens is 1. The number of anilines is 1. The van der Waals surface area contributed by atoms with Gasteiger partial charge < -0.3 is 20.6 Å². The lowest BCUT2D eigenvalue weighted by Gasteiger charge is -2.16. The molecule has 7 heteroatoms. The van der Waals surface area contributed by atoms with Crippen molar-refractivity contribution in [2.45, 2.75) is 25.8 Å². The van der Waals surface area contributed by atoms with Gasteiger partial charge in [0.15, 0.2) is 0 Å². The molecule has 4 N–H and O–H groups in total. The molecule has 6 nitrogen and oxygen atoms in total. The van der Waals surface area contributed by atoms with Crippen molar-refractivity contribution in [2.24, 2.45) is 5.73 Å². The summed E-state index contributed by atoms with van der Waals surface area (Å²) in [6.07, 6.45) is 1.72. The number of carbonyl (C=O) groups is 2. The SMILES string of the molecule is CCC(C(=O)O)c1ccccc1NC(=O)c1cc(-c2cccc(CN)c2)c2occc2c1F. The lowest BCUT2D eigenvalue weighted by molar-refractivity contribution is -0.138. The van der Waals surface area contributed by atoms with Gasteiger partial charge in [-0.05, 0) is 47.4 Å². The third-order valence-corrected chi connectivity index (χ3v) is 5.68. The second kappa shape index (κ2) is 9.26. The number of furan rings is 1. The van der Waals surface area contributed by atoms with Gasteiger partial charge >= 0.3 is 5.97 Å². The van der Waals surface area contributed by atoms with Crippen molar-refractivity contribution in [1.29, 1.82) is 0 Å². The Morgan fingerprint density at radius 3 is 2.64 bits per heavy atom.